The van der Waals surface area contributed by atoms with Gasteiger partial charge in [0, 0.05) is 24.2 Å². The number of nitrogens with zero attached hydrogens (tertiary/aromatic N) is 3. The SMILES string of the molecule is Cc1csc(NC(=O)NC(C(=O)O)c2cnn(C)c2)n1. The normalized spacial score (nSPS) is 11.9. The first kappa shape index (κ1) is 14.0. The molecular weight excluding hydrogens is 282 g/mol. The van der Waals surface area contributed by atoms with Crippen molar-refractivity contribution >= 4 is 28.5 Å². The number of carboxylic acid groups (broad SMARTS) is 1. The summed E-state index contributed by atoms with van der Waals surface area (Å²) in [4.78, 5) is 27.0. The number of carbonyl (C=O) groups is 2. The van der Waals surface area contributed by atoms with Crippen LogP contribution in [0.4, 0.5) is 9.93 Å². The van der Waals surface area contributed by atoms with Crippen molar-refractivity contribution in [1.82, 2.24) is 20.1 Å². The Bertz CT molecular complexity index is 636. The Morgan fingerprint density at radius 1 is 1.50 bits per heavy atom. The lowest BCUT2D eigenvalue weighted by Gasteiger charge is -2.12. The molecular formula is C11H13N5O3S. The third-order valence-corrected chi connectivity index (χ3v) is 3.30. The maximum atomic E-state index is 11.8. The number of aromatic nitrogens is 3. The number of nitrogens with one attached hydrogen (secondary N) is 2. The van der Waals surface area contributed by atoms with Crippen LogP contribution in [0.3, 0.4) is 0 Å². The molecule has 20 heavy (non-hydrogen) atoms. The van der Waals surface area contributed by atoms with Crippen molar-refractivity contribution in [2.45, 2.75) is 13.0 Å². The highest BCUT2D eigenvalue weighted by Gasteiger charge is 2.23. The van der Waals surface area contributed by atoms with Gasteiger partial charge in [0.1, 0.15) is 0 Å². The largest absolute Gasteiger partial charge is 0.479 e. The van der Waals surface area contributed by atoms with E-state index < -0.39 is 18.0 Å². The van der Waals surface area contributed by atoms with E-state index in [2.05, 4.69) is 20.7 Å². The van der Waals surface area contributed by atoms with Gasteiger partial charge in [0.2, 0.25) is 0 Å². The number of hydrogen-bond donors (Lipinski definition) is 3. The fourth-order valence-corrected chi connectivity index (χ4v) is 2.24. The summed E-state index contributed by atoms with van der Waals surface area (Å²) in [5.74, 6) is -1.16. The second-order valence-corrected chi connectivity index (χ2v) is 4.97. The number of amides is 2. The minimum Gasteiger partial charge on any atom is -0.479 e. The van der Waals surface area contributed by atoms with Gasteiger partial charge in [-0.1, -0.05) is 0 Å². The average Bonchev–Trinajstić information content (AvgIpc) is 2.95. The van der Waals surface area contributed by atoms with E-state index >= 15 is 0 Å². The van der Waals surface area contributed by atoms with Crippen molar-refractivity contribution in [3.05, 3.63) is 29.0 Å². The van der Waals surface area contributed by atoms with Gasteiger partial charge in [0.15, 0.2) is 11.2 Å². The molecule has 1 unspecified atom stereocenters. The van der Waals surface area contributed by atoms with Gasteiger partial charge in [-0.3, -0.25) is 10.00 Å². The summed E-state index contributed by atoms with van der Waals surface area (Å²) >= 11 is 1.27. The maximum absolute atomic E-state index is 11.8. The second kappa shape index (κ2) is 5.70. The average molecular weight is 295 g/mol. The highest BCUT2D eigenvalue weighted by Crippen LogP contribution is 2.16. The van der Waals surface area contributed by atoms with Crippen molar-refractivity contribution in [2.24, 2.45) is 7.05 Å². The van der Waals surface area contributed by atoms with Crippen molar-refractivity contribution in [2.75, 3.05) is 5.32 Å². The minimum atomic E-state index is -1.16. The predicted molar refractivity (Wildman–Crippen MR) is 72.6 cm³/mol. The van der Waals surface area contributed by atoms with Gasteiger partial charge in [0.05, 0.1) is 11.9 Å². The van der Waals surface area contributed by atoms with Crippen LogP contribution in [0.2, 0.25) is 0 Å². The van der Waals surface area contributed by atoms with E-state index in [1.165, 1.54) is 28.4 Å². The standard InChI is InChI=1S/C11H13N5O3S/c1-6-5-20-11(13-6)15-10(19)14-8(9(17)18)7-3-12-16(2)4-7/h3-5,8H,1-2H3,(H,17,18)(H2,13,14,15,19). The van der Waals surface area contributed by atoms with Gasteiger partial charge in [-0.2, -0.15) is 5.10 Å². The van der Waals surface area contributed by atoms with Gasteiger partial charge in [-0.05, 0) is 6.92 Å². The second-order valence-electron chi connectivity index (χ2n) is 4.11. The molecule has 2 aromatic rings. The number of anilines is 1. The van der Waals surface area contributed by atoms with Crippen molar-refractivity contribution in [1.29, 1.82) is 0 Å². The monoisotopic (exact) mass is 295 g/mol. The summed E-state index contributed by atoms with van der Waals surface area (Å²) in [7, 11) is 1.67. The molecule has 2 amide bonds. The van der Waals surface area contributed by atoms with Crippen LogP contribution < -0.4 is 10.6 Å². The van der Waals surface area contributed by atoms with E-state index in [-0.39, 0.29) is 0 Å². The molecule has 2 rings (SSSR count). The van der Waals surface area contributed by atoms with Gasteiger partial charge < -0.3 is 10.4 Å². The first-order valence-electron chi connectivity index (χ1n) is 5.66. The molecule has 0 bridgehead atoms. The smallest absolute Gasteiger partial charge is 0.331 e. The minimum absolute atomic E-state index is 0.394. The zero-order valence-electron chi connectivity index (χ0n) is 10.8. The number of aliphatic carboxylic acids is 1. The molecule has 0 saturated heterocycles. The Balaban J connectivity index is 2.05. The van der Waals surface area contributed by atoms with E-state index in [1.54, 1.807) is 19.4 Å². The molecule has 3 N–H and O–H groups in total. The molecule has 0 fully saturated rings. The molecule has 0 radical (unpaired) electrons. The van der Waals surface area contributed by atoms with E-state index in [4.69, 9.17) is 5.11 Å². The van der Waals surface area contributed by atoms with Crippen LogP contribution >= 0.6 is 11.3 Å². The lowest BCUT2D eigenvalue weighted by molar-refractivity contribution is -0.139. The van der Waals surface area contributed by atoms with Crippen LogP contribution in [0.5, 0.6) is 0 Å². The summed E-state index contributed by atoms with van der Waals surface area (Å²) in [6.07, 6.45) is 2.93. The van der Waals surface area contributed by atoms with Gasteiger partial charge in [-0.25, -0.2) is 14.6 Å². The van der Waals surface area contributed by atoms with Gasteiger partial charge >= 0.3 is 12.0 Å². The number of carboxylic acids is 1. The first-order chi connectivity index (χ1) is 9.45. The maximum Gasteiger partial charge on any atom is 0.331 e. The third kappa shape index (κ3) is 3.32. The Morgan fingerprint density at radius 2 is 2.25 bits per heavy atom. The van der Waals surface area contributed by atoms with E-state index in [0.29, 0.717) is 10.7 Å². The number of thiazole rings is 1. The van der Waals surface area contributed by atoms with Crippen molar-refractivity contribution in [3.8, 4) is 0 Å². The molecule has 0 saturated carbocycles. The zero-order chi connectivity index (χ0) is 14.7. The lowest BCUT2D eigenvalue weighted by Crippen LogP contribution is -2.36. The summed E-state index contributed by atoms with van der Waals surface area (Å²) in [5.41, 5.74) is 1.18. The summed E-state index contributed by atoms with van der Waals surface area (Å²) in [6, 6.07) is -1.79. The van der Waals surface area contributed by atoms with Crippen LogP contribution in [-0.2, 0) is 11.8 Å². The lowest BCUT2D eigenvalue weighted by atomic mass is 10.2. The van der Waals surface area contributed by atoms with Crippen LogP contribution in [0, 0.1) is 6.92 Å². The third-order valence-electron chi connectivity index (χ3n) is 2.42. The van der Waals surface area contributed by atoms with Crippen LogP contribution in [0.15, 0.2) is 17.8 Å². The molecule has 0 aliphatic carbocycles. The number of carbonyl (C=O) groups excluding carboxylic acids is 1. The summed E-state index contributed by atoms with van der Waals surface area (Å²) in [5, 5.41) is 20.1. The number of aryl methyl sites for hydroxylation is 2. The molecule has 8 nitrogen and oxygen atoms in total. The van der Waals surface area contributed by atoms with Gasteiger partial charge in [0.25, 0.3) is 0 Å². The number of hydrogen-bond acceptors (Lipinski definition) is 5. The predicted octanol–water partition coefficient (Wildman–Crippen LogP) is 1.13. The zero-order valence-corrected chi connectivity index (χ0v) is 11.6. The van der Waals surface area contributed by atoms with Crippen molar-refractivity contribution in [3.63, 3.8) is 0 Å². The number of rotatable bonds is 4. The molecule has 1 atom stereocenters. The van der Waals surface area contributed by atoms with Crippen LogP contribution in [0.25, 0.3) is 0 Å². The van der Waals surface area contributed by atoms with E-state index in [0.717, 1.165) is 5.69 Å². The molecule has 2 heterocycles. The molecule has 106 valence electrons. The Labute approximate surface area is 118 Å². The molecule has 2 aromatic heterocycles. The number of urea groups is 1. The molecule has 0 aromatic carbocycles. The van der Waals surface area contributed by atoms with E-state index in [1.807, 2.05) is 0 Å². The van der Waals surface area contributed by atoms with Crippen LogP contribution in [-0.4, -0.2) is 31.9 Å². The van der Waals surface area contributed by atoms with Gasteiger partial charge in [-0.15, -0.1) is 11.3 Å². The molecule has 0 aliphatic rings. The topological polar surface area (TPSA) is 109 Å². The Kier molecular flexibility index (Phi) is 3.99. The Morgan fingerprint density at radius 3 is 2.75 bits per heavy atom. The first-order valence-corrected chi connectivity index (χ1v) is 6.54. The highest BCUT2D eigenvalue weighted by molar-refractivity contribution is 7.13. The fraction of sp³-hybridized carbons (Fsp3) is 0.273. The summed E-state index contributed by atoms with van der Waals surface area (Å²) in [6.45, 7) is 1.80. The molecule has 9 heteroatoms. The molecule has 0 aliphatic heterocycles. The molecule has 0 spiro atoms. The van der Waals surface area contributed by atoms with Crippen LogP contribution in [0.1, 0.15) is 17.3 Å². The fourth-order valence-electron chi connectivity index (χ4n) is 1.55. The highest BCUT2D eigenvalue weighted by atomic mass is 32.1. The summed E-state index contributed by atoms with van der Waals surface area (Å²) < 4.78 is 1.47. The quantitative estimate of drug-likeness (QED) is 0.783. The van der Waals surface area contributed by atoms with Crippen molar-refractivity contribution < 1.29 is 14.7 Å². The Hall–Kier alpha value is -2.42. The van der Waals surface area contributed by atoms with E-state index in [9.17, 15) is 9.59 Å².